The van der Waals surface area contributed by atoms with E-state index in [1.54, 1.807) is 0 Å². The Bertz CT molecular complexity index is 885. The fraction of sp³-hybridized carbons (Fsp3) is 0.227. The average molecular weight is 348 g/mol. The van der Waals surface area contributed by atoms with Crippen molar-refractivity contribution >= 4 is 28.1 Å². The van der Waals surface area contributed by atoms with Crippen LogP contribution in [0.25, 0.3) is 10.8 Å². The molecule has 0 saturated carbocycles. The molecular formula is C22H24N2O2. The topological polar surface area (TPSA) is 50.4 Å². The minimum Gasteiger partial charge on any atom is -0.493 e. The number of ether oxygens (including phenoxy) is 1. The first-order valence-electron chi connectivity index (χ1n) is 8.86. The van der Waals surface area contributed by atoms with Gasteiger partial charge in [0.2, 0.25) is 5.91 Å². The van der Waals surface area contributed by atoms with Crippen molar-refractivity contribution in [3.05, 3.63) is 66.7 Å². The first-order chi connectivity index (χ1) is 12.6. The van der Waals surface area contributed by atoms with Crippen LogP contribution in [0.2, 0.25) is 0 Å². The SMILES string of the molecule is CC(C)COc1cccc(NCC(=O)Nc2cccc3ccccc23)c1. The minimum absolute atomic E-state index is 0.0881. The van der Waals surface area contributed by atoms with Crippen molar-refractivity contribution in [2.24, 2.45) is 5.92 Å². The number of rotatable bonds is 7. The number of hydrogen-bond acceptors (Lipinski definition) is 3. The summed E-state index contributed by atoms with van der Waals surface area (Å²) in [7, 11) is 0. The van der Waals surface area contributed by atoms with Gasteiger partial charge in [0.25, 0.3) is 0 Å². The highest BCUT2D eigenvalue weighted by molar-refractivity contribution is 6.03. The Labute approximate surface area is 154 Å². The number of hydrogen-bond donors (Lipinski definition) is 2. The molecule has 0 atom stereocenters. The molecule has 0 radical (unpaired) electrons. The molecule has 3 rings (SSSR count). The van der Waals surface area contributed by atoms with Gasteiger partial charge in [-0.2, -0.15) is 0 Å². The van der Waals surface area contributed by atoms with Crippen molar-refractivity contribution in [3.8, 4) is 5.75 Å². The molecule has 4 nitrogen and oxygen atoms in total. The molecule has 26 heavy (non-hydrogen) atoms. The summed E-state index contributed by atoms with van der Waals surface area (Å²) < 4.78 is 5.72. The monoisotopic (exact) mass is 348 g/mol. The predicted octanol–water partition coefficient (Wildman–Crippen LogP) is 4.93. The van der Waals surface area contributed by atoms with Crippen LogP contribution in [0.15, 0.2) is 66.7 Å². The Morgan fingerprint density at radius 3 is 2.62 bits per heavy atom. The van der Waals surface area contributed by atoms with Gasteiger partial charge < -0.3 is 15.4 Å². The smallest absolute Gasteiger partial charge is 0.243 e. The quantitative estimate of drug-likeness (QED) is 0.637. The van der Waals surface area contributed by atoms with E-state index in [-0.39, 0.29) is 12.5 Å². The second-order valence-corrected chi connectivity index (χ2v) is 6.66. The van der Waals surface area contributed by atoms with Gasteiger partial charge in [0.1, 0.15) is 5.75 Å². The van der Waals surface area contributed by atoms with Crippen LogP contribution in [0.4, 0.5) is 11.4 Å². The highest BCUT2D eigenvalue weighted by Crippen LogP contribution is 2.23. The molecule has 134 valence electrons. The van der Waals surface area contributed by atoms with Crippen LogP contribution >= 0.6 is 0 Å². The van der Waals surface area contributed by atoms with Gasteiger partial charge in [-0.25, -0.2) is 0 Å². The van der Waals surface area contributed by atoms with Gasteiger partial charge in [0, 0.05) is 22.8 Å². The number of amides is 1. The summed E-state index contributed by atoms with van der Waals surface area (Å²) >= 11 is 0. The summed E-state index contributed by atoms with van der Waals surface area (Å²) in [5, 5.41) is 8.27. The van der Waals surface area contributed by atoms with Gasteiger partial charge in [-0.15, -0.1) is 0 Å². The maximum atomic E-state index is 12.3. The Balaban J connectivity index is 1.59. The molecule has 4 heteroatoms. The van der Waals surface area contributed by atoms with Crippen LogP contribution in [0.3, 0.4) is 0 Å². The van der Waals surface area contributed by atoms with E-state index >= 15 is 0 Å². The number of carbonyl (C=O) groups is 1. The molecule has 0 spiro atoms. The molecule has 3 aromatic rings. The van der Waals surface area contributed by atoms with Crippen molar-refractivity contribution in [3.63, 3.8) is 0 Å². The van der Waals surface area contributed by atoms with Gasteiger partial charge in [-0.05, 0) is 29.5 Å². The van der Waals surface area contributed by atoms with Gasteiger partial charge in [-0.1, -0.05) is 56.3 Å². The molecule has 0 aromatic heterocycles. The van der Waals surface area contributed by atoms with Crippen molar-refractivity contribution in [2.75, 3.05) is 23.8 Å². The summed E-state index contributed by atoms with van der Waals surface area (Å²) in [6.07, 6.45) is 0. The number of benzene rings is 3. The van der Waals surface area contributed by atoms with Crippen molar-refractivity contribution < 1.29 is 9.53 Å². The van der Waals surface area contributed by atoms with E-state index in [1.807, 2.05) is 66.7 Å². The van der Waals surface area contributed by atoms with Crippen LogP contribution in [-0.4, -0.2) is 19.1 Å². The molecule has 1 amide bonds. The van der Waals surface area contributed by atoms with Crippen molar-refractivity contribution in [1.29, 1.82) is 0 Å². The lowest BCUT2D eigenvalue weighted by atomic mass is 10.1. The van der Waals surface area contributed by atoms with Gasteiger partial charge in [-0.3, -0.25) is 4.79 Å². The van der Waals surface area contributed by atoms with Gasteiger partial charge in [0.15, 0.2) is 0 Å². The molecular weight excluding hydrogens is 324 g/mol. The average Bonchev–Trinajstić information content (AvgIpc) is 2.65. The summed E-state index contributed by atoms with van der Waals surface area (Å²) in [6.45, 7) is 5.08. The summed E-state index contributed by atoms with van der Waals surface area (Å²) in [6, 6.07) is 21.6. The number of nitrogens with one attached hydrogen (secondary N) is 2. The third-order valence-corrected chi connectivity index (χ3v) is 3.93. The lowest BCUT2D eigenvalue weighted by molar-refractivity contribution is -0.114. The van der Waals surface area contributed by atoms with Crippen molar-refractivity contribution in [2.45, 2.75) is 13.8 Å². The van der Waals surface area contributed by atoms with E-state index < -0.39 is 0 Å². The highest BCUT2D eigenvalue weighted by atomic mass is 16.5. The fourth-order valence-electron chi connectivity index (χ4n) is 2.67. The molecule has 0 bridgehead atoms. The van der Waals surface area contributed by atoms with E-state index in [0.717, 1.165) is 27.9 Å². The first-order valence-corrected chi connectivity index (χ1v) is 8.86. The second kappa shape index (κ2) is 8.39. The third kappa shape index (κ3) is 4.76. The second-order valence-electron chi connectivity index (χ2n) is 6.66. The highest BCUT2D eigenvalue weighted by Gasteiger charge is 2.06. The van der Waals surface area contributed by atoms with E-state index in [1.165, 1.54) is 0 Å². The molecule has 3 aromatic carbocycles. The molecule has 0 unspecified atom stereocenters. The van der Waals surface area contributed by atoms with Crippen LogP contribution in [0, 0.1) is 5.92 Å². The normalized spacial score (nSPS) is 10.7. The summed E-state index contributed by atoms with van der Waals surface area (Å²) in [5.74, 6) is 1.19. The maximum Gasteiger partial charge on any atom is 0.243 e. The Morgan fingerprint density at radius 1 is 1.00 bits per heavy atom. The molecule has 0 fully saturated rings. The summed E-state index contributed by atoms with van der Waals surface area (Å²) in [5.41, 5.74) is 1.68. The minimum atomic E-state index is -0.0881. The van der Waals surface area contributed by atoms with Gasteiger partial charge in [0.05, 0.1) is 13.2 Å². The Hall–Kier alpha value is -3.01. The third-order valence-electron chi connectivity index (χ3n) is 3.93. The lowest BCUT2D eigenvalue weighted by Crippen LogP contribution is -2.21. The van der Waals surface area contributed by atoms with E-state index in [0.29, 0.717) is 12.5 Å². The number of carbonyl (C=O) groups excluding carboxylic acids is 1. The zero-order valence-electron chi connectivity index (χ0n) is 15.2. The lowest BCUT2D eigenvalue weighted by Gasteiger charge is -2.12. The molecule has 0 aliphatic rings. The molecule has 2 N–H and O–H groups in total. The fourth-order valence-corrected chi connectivity index (χ4v) is 2.67. The van der Waals surface area contributed by atoms with Crippen LogP contribution in [-0.2, 0) is 4.79 Å². The molecule has 0 aliphatic carbocycles. The maximum absolute atomic E-state index is 12.3. The first kappa shape index (κ1) is 17.8. The van der Waals surface area contributed by atoms with Gasteiger partial charge >= 0.3 is 0 Å². The van der Waals surface area contributed by atoms with Crippen LogP contribution in [0.1, 0.15) is 13.8 Å². The molecule has 0 saturated heterocycles. The molecule has 0 aliphatic heterocycles. The number of fused-ring (bicyclic) bond motifs is 1. The number of anilines is 2. The van der Waals surface area contributed by atoms with E-state index in [9.17, 15) is 4.79 Å². The Kier molecular flexibility index (Phi) is 5.74. The zero-order valence-corrected chi connectivity index (χ0v) is 15.2. The van der Waals surface area contributed by atoms with Crippen LogP contribution in [0.5, 0.6) is 5.75 Å². The standard InChI is InChI=1S/C22H24N2O2/c1-16(2)15-26-19-10-6-9-18(13-19)23-14-22(25)24-21-12-5-8-17-7-3-4-11-20(17)21/h3-13,16,23H,14-15H2,1-2H3,(H,24,25). The zero-order chi connectivity index (χ0) is 18.4. The predicted molar refractivity (Wildman–Crippen MR) is 108 cm³/mol. The van der Waals surface area contributed by atoms with Crippen LogP contribution < -0.4 is 15.4 Å². The van der Waals surface area contributed by atoms with Crippen molar-refractivity contribution in [1.82, 2.24) is 0 Å². The van der Waals surface area contributed by atoms with E-state index in [4.69, 9.17) is 4.74 Å². The largest absolute Gasteiger partial charge is 0.493 e. The van der Waals surface area contributed by atoms with E-state index in [2.05, 4.69) is 24.5 Å². The molecule has 0 heterocycles. The Morgan fingerprint density at radius 2 is 1.77 bits per heavy atom. The summed E-state index contributed by atoms with van der Waals surface area (Å²) in [4.78, 5) is 12.3.